The number of aliphatic hydroxyl groups excluding tert-OH is 1. The van der Waals surface area contributed by atoms with Crippen molar-refractivity contribution < 1.29 is 14.6 Å². The van der Waals surface area contributed by atoms with Gasteiger partial charge in [-0.15, -0.1) is 0 Å². The molecule has 3 rings (SSSR count). The minimum atomic E-state index is -0.834. The maximum atomic E-state index is 12.4. The number of aryl methyl sites for hydroxylation is 2. The van der Waals surface area contributed by atoms with E-state index in [1.807, 2.05) is 52.0 Å². The van der Waals surface area contributed by atoms with Crippen LogP contribution in [0.2, 0.25) is 0 Å². The average molecular weight is 340 g/mol. The second-order valence-corrected chi connectivity index (χ2v) is 7.65. The van der Waals surface area contributed by atoms with E-state index in [4.69, 9.17) is 4.42 Å². The first-order valence-corrected chi connectivity index (χ1v) is 8.64. The Morgan fingerprint density at radius 1 is 1.04 bits per heavy atom. The molecule has 1 atom stereocenters. The maximum absolute atomic E-state index is 12.4. The Morgan fingerprint density at radius 3 is 2.17 bits per heavy atom. The summed E-state index contributed by atoms with van der Waals surface area (Å²) in [5.41, 5.74) is 2.70. The van der Waals surface area contributed by atoms with E-state index in [0.29, 0.717) is 11.1 Å². The maximum Gasteiger partial charge on any atom is 0.327 e. The van der Waals surface area contributed by atoms with E-state index in [1.165, 1.54) is 9.81 Å². The SMILES string of the molecule is CC1=CC(=CC2=C([O-])C(=Cc3cc(C)[o+]c(C)c3)C2O)C=C(C)S1. The van der Waals surface area contributed by atoms with E-state index in [-0.39, 0.29) is 5.76 Å². The van der Waals surface area contributed by atoms with Crippen molar-refractivity contribution in [1.82, 2.24) is 0 Å². The lowest BCUT2D eigenvalue weighted by molar-refractivity contribution is -0.305. The van der Waals surface area contributed by atoms with Crippen LogP contribution in [0.4, 0.5) is 0 Å². The van der Waals surface area contributed by atoms with Crippen LogP contribution in [0.25, 0.3) is 6.08 Å². The van der Waals surface area contributed by atoms with Gasteiger partial charge in [0.25, 0.3) is 0 Å². The van der Waals surface area contributed by atoms with E-state index < -0.39 is 6.10 Å². The molecule has 2 aliphatic rings. The molecule has 4 heteroatoms. The highest BCUT2D eigenvalue weighted by Gasteiger charge is 2.26. The summed E-state index contributed by atoms with van der Waals surface area (Å²) in [6, 6.07) is 3.71. The highest BCUT2D eigenvalue weighted by molar-refractivity contribution is 8.06. The standard InChI is InChI=1S/C20H20O3S/c1-11-5-15(6-12(2)23-11)9-17-19(21)18(20(17)22)10-16-7-13(3)24-14(4)8-16/h5-10,19,21H,1-4H3. The molecule has 3 nitrogen and oxygen atoms in total. The van der Waals surface area contributed by atoms with Crippen LogP contribution in [0.3, 0.4) is 0 Å². The molecule has 0 amide bonds. The normalized spacial score (nSPS) is 22.3. The number of rotatable bonds is 2. The van der Waals surface area contributed by atoms with Crippen LogP contribution >= 0.6 is 11.8 Å². The second kappa shape index (κ2) is 6.46. The third-order valence-corrected chi connectivity index (χ3v) is 4.76. The second-order valence-electron chi connectivity index (χ2n) is 6.16. The zero-order valence-corrected chi connectivity index (χ0v) is 15.0. The lowest BCUT2D eigenvalue weighted by Gasteiger charge is -2.36. The minimum absolute atomic E-state index is 0.0959. The van der Waals surface area contributed by atoms with Crippen molar-refractivity contribution in [3.63, 3.8) is 0 Å². The van der Waals surface area contributed by atoms with Crippen LogP contribution < -0.4 is 5.11 Å². The predicted octanol–water partition coefficient (Wildman–Crippen LogP) is 4.03. The molecule has 1 N–H and O–H groups in total. The number of allylic oxidation sites excluding steroid dienone is 5. The molecule has 0 spiro atoms. The molecule has 1 aliphatic heterocycles. The van der Waals surface area contributed by atoms with Crippen molar-refractivity contribution in [3.05, 3.63) is 79.7 Å². The molecule has 2 heterocycles. The smallest absolute Gasteiger partial charge is 0.327 e. The fraction of sp³-hybridized carbons (Fsp3) is 0.250. The molecule has 24 heavy (non-hydrogen) atoms. The summed E-state index contributed by atoms with van der Waals surface area (Å²) in [6.45, 7) is 7.80. The third-order valence-electron chi connectivity index (χ3n) is 3.88. The number of hydrogen-bond acceptors (Lipinski definition) is 3. The van der Waals surface area contributed by atoms with Crippen LogP contribution in [0.15, 0.2) is 67.1 Å². The summed E-state index contributed by atoms with van der Waals surface area (Å²) >= 11 is 1.71. The van der Waals surface area contributed by atoms with Crippen LogP contribution in [-0.4, -0.2) is 11.2 Å². The fourth-order valence-electron chi connectivity index (χ4n) is 2.97. The Labute approximate surface area is 146 Å². The third kappa shape index (κ3) is 3.40. The number of aliphatic hydroxyl groups is 1. The molecule has 0 fully saturated rings. The molecule has 1 aromatic heterocycles. The Balaban J connectivity index is 1.93. The highest BCUT2D eigenvalue weighted by atomic mass is 32.2. The van der Waals surface area contributed by atoms with Crippen molar-refractivity contribution in [1.29, 1.82) is 0 Å². The molecule has 1 aliphatic carbocycles. The summed E-state index contributed by atoms with van der Waals surface area (Å²) < 4.78 is 5.44. The Kier molecular flexibility index (Phi) is 4.52. The summed E-state index contributed by atoms with van der Waals surface area (Å²) in [5, 5.41) is 22.8. The van der Waals surface area contributed by atoms with E-state index in [0.717, 1.165) is 22.7 Å². The van der Waals surface area contributed by atoms with Crippen LogP contribution in [0.1, 0.15) is 30.9 Å². The molecule has 124 valence electrons. The van der Waals surface area contributed by atoms with Crippen molar-refractivity contribution in [3.8, 4) is 0 Å². The summed E-state index contributed by atoms with van der Waals surface area (Å²) in [4.78, 5) is 2.36. The minimum Gasteiger partial charge on any atom is -0.872 e. The molecular weight excluding hydrogens is 320 g/mol. The molecular formula is C20H20O3S. The van der Waals surface area contributed by atoms with Gasteiger partial charge in [-0.2, -0.15) is 0 Å². The highest BCUT2D eigenvalue weighted by Crippen LogP contribution is 2.37. The molecule has 0 saturated carbocycles. The van der Waals surface area contributed by atoms with Gasteiger partial charge in [0, 0.05) is 12.1 Å². The Bertz CT molecular complexity index is 813. The van der Waals surface area contributed by atoms with Gasteiger partial charge < -0.3 is 10.2 Å². The van der Waals surface area contributed by atoms with Gasteiger partial charge in [-0.3, -0.25) is 0 Å². The van der Waals surface area contributed by atoms with E-state index in [1.54, 1.807) is 23.9 Å². The number of hydrogen-bond donors (Lipinski definition) is 1. The van der Waals surface area contributed by atoms with E-state index >= 15 is 0 Å². The molecule has 1 unspecified atom stereocenters. The molecule has 0 aromatic carbocycles. The zero-order chi connectivity index (χ0) is 17.4. The first-order chi connectivity index (χ1) is 11.3. The predicted molar refractivity (Wildman–Crippen MR) is 96.8 cm³/mol. The first-order valence-electron chi connectivity index (χ1n) is 7.82. The van der Waals surface area contributed by atoms with Crippen molar-refractivity contribution >= 4 is 17.8 Å². The van der Waals surface area contributed by atoms with Crippen molar-refractivity contribution in [2.75, 3.05) is 0 Å². The Morgan fingerprint density at radius 2 is 1.62 bits per heavy atom. The molecule has 0 radical (unpaired) electrons. The molecule has 1 aromatic rings. The lowest BCUT2D eigenvalue weighted by atomic mass is 9.84. The Hall–Kier alpha value is -2.04. The fourth-order valence-corrected chi connectivity index (χ4v) is 3.87. The van der Waals surface area contributed by atoms with Gasteiger partial charge >= 0.3 is 11.5 Å². The van der Waals surface area contributed by atoms with Crippen molar-refractivity contribution in [2.24, 2.45) is 0 Å². The zero-order valence-electron chi connectivity index (χ0n) is 14.2. The monoisotopic (exact) mass is 340 g/mol. The first kappa shape index (κ1) is 16.8. The van der Waals surface area contributed by atoms with Gasteiger partial charge in [0.05, 0.1) is 13.8 Å². The quantitative estimate of drug-likeness (QED) is 0.826. The largest absolute Gasteiger partial charge is 0.872 e. The van der Waals surface area contributed by atoms with Crippen LogP contribution in [0.5, 0.6) is 0 Å². The van der Waals surface area contributed by atoms with Gasteiger partial charge in [0.2, 0.25) is 0 Å². The van der Waals surface area contributed by atoms with Crippen LogP contribution in [-0.2, 0) is 0 Å². The summed E-state index contributed by atoms with van der Waals surface area (Å²) in [7, 11) is 0. The summed E-state index contributed by atoms with van der Waals surface area (Å²) in [6.07, 6.45) is 6.74. The van der Waals surface area contributed by atoms with E-state index in [9.17, 15) is 10.2 Å². The topological polar surface area (TPSA) is 54.6 Å². The van der Waals surface area contributed by atoms with Gasteiger partial charge in [0.15, 0.2) is 0 Å². The van der Waals surface area contributed by atoms with Gasteiger partial charge in [-0.1, -0.05) is 17.5 Å². The number of thioether (sulfide) groups is 1. The van der Waals surface area contributed by atoms with Gasteiger partial charge in [0.1, 0.15) is 6.10 Å². The molecule has 0 bridgehead atoms. The summed E-state index contributed by atoms with van der Waals surface area (Å²) in [5.74, 6) is 1.45. The average Bonchev–Trinajstić information content (AvgIpc) is 2.48. The lowest BCUT2D eigenvalue weighted by Crippen LogP contribution is -2.33. The van der Waals surface area contributed by atoms with Gasteiger partial charge in [-0.05, 0) is 70.2 Å². The van der Waals surface area contributed by atoms with Crippen molar-refractivity contribution in [2.45, 2.75) is 33.8 Å². The van der Waals surface area contributed by atoms with Crippen LogP contribution in [0, 0.1) is 13.8 Å². The molecule has 0 saturated heterocycles. The van der Waals surface area contributed by atoms with Gasteiger partial charge in [-0.25, -0.2) is 4.42 Å². The van der Waals surface area contributed by atoms with E-state index in [2.05, 4.69) is 0 Å².